The standard InChI is InChI=1S/C11H8NO/c12-11-4-3-9-5-8(7-13)1-2-10(9)6-11/h1-6H,12H2. The highest BCUT2D eigenvalue weighted by atomic mass is 16.1. The van der Waals surface area contributed by atoms with Crippen LogP contribution < -0.4 is 5.73 Å². The molecule has 2 aromatic carbocycles. The van der Waals surface area contributed by atoms with E-state index < -0.39 is 0 Å². The molecule has 1 radical (unpaired) electrons. The van der Waals surface area contributed by atoms with Crippen LogP contribution in [0.25, 0.3) is 10.8 Å². The van der Waals surface area contributed by atoms with Gasteiger partial charge in [-0.3, -0.25) is 4.79 Å². The Kier molecular flexibility index (Phi) is 1.74. The van der Waals surface area contributed by atoms with Crippen LogP contribution in [0.4, 0.5) is 5.69 Å². The van der Waals surface area contributed by atoms with Crippen molar-refractivity contribution in [1.29, 1.82) is 0 Å². The van der Waals surface area contributed by atoms with Crippen LogP contribution in [-0.2, 0) is 4.79 Å². The smallest absolute Gasteiger partial charge is 0.233 e. The van der Waals surface area contributed by atoms with Gasteiger partial charge in [0, 0.05) is 11.3 Å². The minimum absolute atomic E-state index is 0.567. The highest BCUT2D eigenvalue weighted by molar-refractivity contribution is 5.90. The second kappa shape index (κ2) is 2.90. The Morgan fingerprint density at radius 3 is 2.46 bits per heavy atom. The Hall–Kier alpha value is -1.83. The molecule has 2 nitrogen and oxygen atoms in total. The molecule has 0 atom stereocenters. The van der Waals surface area contributed by atoms with Gasteiger partial charge in [-0.05, 0) is 29.0 Å². The summed E-state index contributed by atoms with van der Waals surface area (Å²) in [6, 6.07) is 11.0. The summed E-state index contributed by atoms with van der Waals surface area (Å²) in [5, 5.41) is 2.05. The molecular weight excluding hydrogens is 162 g/mol. The van der Waals surface area contributed by atoms with Gasteiger partial charge in [-0.15, -0.1) is 0 Å². The minimum Gasteiger partial charge on any atom is -0.399 e. The van der Waals surface area contributed by atoms with Crippen molar-refractivity contribution in [3.8, 4) is 0 Å². The SMILES string of the molecule is Nc1ccc2cc([C]=O)ccc2c1. The molecular formula is C11H8NO. The first-order chi connectivity index (χ1) is 6.29. The van der Waals surface area contributed by atoms with Crippen LogP contribution in [0.3, 0.4) is 0 Å². The first-order valence-electron chi connectivity index (χ1n) is 3.97. The highest BCUT2D eigenvalue weighted by Crippen LogP contribution is 2.17. The predicted octanol–water partition coefficient (Wildman–Crippen LogP) is 1.88. The third-order valence-electron chi connectivity index (χ3n) is 1.98. The molecule has 2 rings (SSSR count). The van der Waals surface area contributed by atoms with Gasteiger partial charge in [0.05, 0.1) is 0 Å². The van der Waals surface area contributed by atoms with Gasteiger partial charge in [0.2, 0.25) is 6.29 Å². The average molecular weight is 170 g/mol. The molecule has 13 heavy (non-hydrogen) atoms. The van der Waals surface area contributed by atoms with Crippen LogP contribution in [0.1, 0.15) is 5.56 Å². The summed E-state index contributed by atoms with van der Waals surface area (Å²) < 4.78 is 0. The van der Waals surface area contributed by atoms with Crippen LogP contribution in [-0.4, -0.2) is 6.29 Å². The maximum atomic E-state index is 10.4. The van der Waals surface area contributed by atoms with Gasteiger partial charge < -0.3 is 5.73 Å². The van der Waals surface area contributed by atoms with E-state index in [4.69, 9.17) is 5.73 Å². The zero-order valence-corrected chi connectivity index (χ0v) is 6.95. The number of nitrogen functional groups attached to an aromatic ring is 1. The number of fused-ring (bicyclic) bond motifs is 1. The Morgan fingerprint density at radius 2 is 1.69 bits per heavy atom. The number of carbonyl (C=O) groups excluding carboxylic acids is 1. The van der Waals surface area contributed by atoms with Crippen molar-refractivity contribution < 1.29 is 4.79 Å². The van der Waals surface area contributed by atoms with E-state index in [-0.39, 0.29) is 0 Å². The Bertz CT molecular complexity index is 463. The summed E-state index contributed by atoms with van der Waals surface area (Å²) in [6.07, 6.45) is 1.85. The van der Waals surface area contributed by atoms with Gasteiger partial charge in [0.15, 0.2) is 0 Å². The highest BCUT2D eigenvalue weighted by Gasteiger charge is 1.96. The van der Waals surface area contributed by atoms with Gasteiger partial charge in [-0.1, -0.05) is 18.2 Å². The molecule has 0 fully saturated rings. The number of anilines is 1. The molecule has 2 aromatic rings. The topological polar surface area (TPSA) is 43.1 Å². The van der Waals surface area contributed by atoms with Crippen molar-refractivity contribution in [2.45, 2.75) is 0 Å². The van der Waals surface area contributed by atoms with E-state index >= 15 is 0 Å². The first kappa shape index (κ1) is 7.80. The van der Waals surface area contributed by atoms with Crippen LogP contribution in [0.15, 0.2) is 36.4 Å². The molecule has 0 spiro atoms. The summed E-state index contributed by atoms with van der Waals surface area (Å²) >= 11 is 0. The van der Waals surface area contributed by atoms with Crippen LogP contribution in [0, 0.1) is 0 Å². The molecule has 2 N–H and O–H groups in total. The van der Waals surface area contributed by atoms with Gasteiger partial charge >= 0.3 is 0 Å². The molecule has 0 bridgehead atoms. The van der Waals surface area contributed by atoms with E-state index in [1.54, 1.807) is 12.1 Å². The number of benzene rings is 2. The van der Waals surface area contributed by atoms with Crippen molar-refractivity contribution in [3.63, 3.8) is 0 Å². The van der Waals surface area contributed by atoms with E-state index in [2.05, 4.69) is 0 Å². The van der Waals surface area contributed by atoms with E-state index in [0.29, 0.717) is 5.56 Å². The Labute approximate surface area is 76.0 Å². The van der Waals surface area contributed by atoms with Crippen molar-refractivity contribution in [2.24, 2.45) is 0 Å². The average Bonchev–Trinajstić information content (AvgIpc) is 2.17. The minimum atomic E-state index is 0.567. The fraction of sp³-hybridized carbons (Fsp3) is 0. The fourth-order valence-corrected chi connectivity index (χ4v) is 1.33. The normalized spacial score (nSPS) is 10.2. The lowest BCUT2D eigenvalue weighted by Crippen LogP contribution is -1.85. The lowest BCUT2D eigenvalue weighted by atomic mass is 10.1. The monoisotopic (exact) mass is 170 g/mol. The van der Waals surface area contributed by atoms with E-state index in [1.807, 2.05) is 30.6 Å². The van der Waals surface area contributed by atoms with Crippen LogP contribution in [0.2, 0.25) is 0 Å². The molecule has 0 aromatic heterocycles. The summed E-state index contributed by atoms with van der Waals surface area (Å²) in [4.78, 5) is 10.4. The molecule has 0 saturated heterocycles. The zero-order chi connectivity index (χ0) is 9.26. The maximum absolute atomic E-state index is 10.4. The van der Waals surface area contributed by atoms with Crippen molar-refractivity contribution in [2.75, 3.05) is 5.73 Å². The van der Waals surface area contributed by atoms with Gasteiger partial charge in [0.25, 0.3) is 0 Å². The molecule has 0 saturated carbocycles. The molecule has 63 valence electrons. The number of rotatable bonds is 1. The molecule has 0 aliphatic carbocycles. The summed E-state index contributed by atoms with van der Waals surface area (Å²) in [5.74, 6) is 0. The summed E-state index contributed by atoms with van der Waals surface area (Å²) in [6.45, 7) is 0. The van der Waals surface area contributed by atoms with Crippen molar-refractivity contribution in [3.05, 3.63) is 42.0 Å². The third kappa shape index (κ3) is 1.38. The summed E-state index contributed by atoms with van der Waals surface area (Å²) in [5.41, 5.74) is 6.92. The van der Waals surface area contributed by atoms with Gasteiger partial charge in [0.1, 0.15) is 0 Å². The van der Waals surface area contributed by atoms with Gasteiger partial charge in [-0.25, -0.2) is 0 Å². The Morgan fingerprint density at radius 1 is 1.00 bits per heavy atom. The van der Waals surface area contributed by atoms with Crippen molar-refractivity contribution in [1.82, 2.24) is 0 Å². The maximum Gasteiger partial charge on any atom is 0.233 e. The van der Waals surface area contributed by atoms with Crippen LogP contribution >= 0.6 is 0 Å². The van der Waals surface area contributed by atoms with Crippen LogP contribution in [0.5, 0.6) is 0 Å². The molecule has 0 aliphatic rings. The lowest BCUT2D eigenvalue weighted by Gasteiger charge is -1.99. The van der Waals surface area contributed by atoms with E-state index in [9.17, 15) is 4.79 Å². The molecule has 0 heterocycles. The Balaban J connectivity index is 2.73. The third-order valence-corrected chi connectivity index (χ3v) is 1.98. The molecule has 0 amide bonds. The fourth-order valence-electron chi connectivity index (χ4n) is 1.33. The number of hydrogen-bond donors (Lipinski definition) is 1. The van der Waals surface area contributed by atoms with E-state index in [1.165, 1.54) is 0 Å². The van der Waals surface area contributed by atoms with Crippen molar-refractivity contribution >= 4 is 22.7 Å². The predicted molar refractivity (Wildman–Crippen MR) is 53.2 cm³/mol. The quantitative estimate of drug-likeness (QED) is 0.664. The lowest BCUT2D eigenvalue weighted by molar-refractivity contribution is 0.563. The summed E-state index contributed by atoms with van der Waals surface area (Å²) in [7, 11) is 0. The molecule has 0 aliphatic heterocycles. The number of nitrogens with two attached hydrogens (primary N) is 1. The molecule has 2 heteroatoms. The van der Waals surface area contributed by atoms with E-state index in [0.717, 1.165) is 16.5 Å². The second-order valence-electron chi connectivity index (χ2n) is 2.92. The van der Waals surface area contributed by atoms with Gasteiger partial charge in [-0.2, -0.15) is 0 Å². The zero-order valence-electron chi connectivity index (χ0n) is 6.95. The second-order valence-corrected chi connectivity index (χ2v) is 2.92. The molecule has 0 unspecified atom stereocenters. The number of hydrogen-bond acceptors (Lipinski definition) is 2. The first-order valence-corrected chi connectivity index (χ1v) is 3.97. The largest absolute Gasteiger partial charge is 0.399 e.